The lowest BCUT2D eigenvalue weighted by molar-refractivity contribution is 0.558. The van der Waals surface area contributed by atoms with Crippen molar-refractivity contribution in [3.63, 3.8) is 0 Å². The second-order valence-corrected chi connectivity index (χ2v) is 7.99. The summed E-state index contributed by atoms with van der Waals surface area (Å²) in [5.41, 5.74) is 7.75. The van der Waals surface area contributed by atoms with Crippen molar-refractivity contribution in [2.45, 2.75) is 54.1 Å². The maximum absolute atomic E-state index is 5.49. The predicted molar refractivity (Wildman–Crippen MR) is 123 cm³/mol. The molecule has 2 aromatic heterocycles. The van der Waals surface area contributed by atoms with E-state index in [1.54, 1.807) is 0 Å². The molecule has 0 spiro atoms. The molecule has 0 fully saturated rings. The summed E-state index contributed by atoms with van der Waals surface area (Å²) < 4.78 is 4.06. The van der Waals surface area contributed by atoms with Crippen LogP contribution in [0.1, 0.15) is 40.3 Å². The van der Waals surface area contributed by atoms with Gasteiger partial charge in [-0.15, -0.1) is 0 Å². The van der Waals surface area contributed by atoms with Crippen molar-refractivity contribution in [1.29, 1.82) is 0 Å². The maximum atomic E-state index is 5.49. The van der Waals surface area contributed by atoms with E-state index in [1.807, 2.05) is 23.2 Å². The molecular formula is C22H30N6S. The van der Waals surface area contributed by atoms with E-state index >= 15 is 0 Å². The molecule has 2 heterocycles. The number of rotatable bonds is 7. The molecule has 2 N–H and O–H groups in total. The Bertz CT molecular complexity index is 1000. The molecule has 0 aliphatic heterocycles. The fourth-order valence-corrected chi connectivity index (χ4v) is 3.71. The first-order valence-corrected chi connectivity index (χ1v) is 10.4. The van der Waals surface area contributed by atoms with E-state index in [-0.39, 0.29) is 0 Å². The zero-order valence-corrected chi connectivity index (χ0v) is 18.7. The van der Waals surface area contributed by atoms with Gasteiger partial charge in [0.15, 0.2) is 5.11 Å². The molecule has 0 radical (unpaired) electrons. The summed E-state index contributed by atoms with van der Waals surface area (Å²) in [4.78, 5) is 0. The van der Waals surface area contributed by atoms with Crippen molar-refractivity contribution in [3.8, 4) is 0 Å². The van der Waals surface area contributed by atoms with E-state index in [4.69, 9.17) is 17.3 Å². The first kappa shape index (κ1) is 21.0. The highest BCUT2D eigenvalue weighted by Crippen LogP contribution is 2.20. The minimum atomic E-state index is 0.625. The molecule has 0 saturated heterocycles. The highest BCUT2D eigenvalue weighted by molar-refractivity contribution is 7.80. The van der Waals surface area contributed by atoms with Crippen molar-refractivity contribution in [2.75, 3.05) is 11.9 Å². The summed E-state index contributed by atoms with van der Waals surface area (Å²) in [6, 6.07) is 10.6. The Labute approximate surface area is 178 Å². The molecule has 1 aromatic carbocycles. The predicted octanol–water partition coefficient (Wildman–Crippen LogP) is 4.05. The first-order valence-electron chi connectivity index (χ1n) is 9.99. The Balaban J connectivity index is 1.53. The van der Waals surface area contributed by atoms with Gasteiger partial charge in [0.2, 0.25) is 0 Å². The number of thiocarbonyl (C=S) groups is 1. The number of hydrogen-bond acceptors (Lipinski definition) is 3. The number of nitrogens with zero attached hydrogens (tertiary/aromatic N) is 4. The summed E-state index contributed by atoms with van der Waals surface area (Å²) in [6.45, 7) is 12.7. The Morgan fingerprint density at radius 2 is 1.83 bits per heavy atom. The van der Waals surface area contributed by atoms with Crippen LogP contribution in [0.5, 0.6) is 0 Å². The van der Waals surface area contributed by atoms with Crippen LogP contribution in [0.4, 0.5) is 5.69 Å². The number of benzene rings is 1. The molecule has 0 saturated carbocycles. The van der Waals surface area contributed by atoms with Gasteiger partial charge < -0.3 is 10.6 Å². The van der Waals surface area contributed by atoms with Gasteiger partial charge in [-0.1, -0.05) is 29.8 Å². The van der Waals surface area contributed by atoms with E-state index in [1.165, 1.54) is 16.8 Å². The van der Waals surface area contributed by atoms with Gasteiger partial charge in [0, 0.05) is 18.8 Å². The lowest BCUT2D eigenvalue weighted by Gasteiger charge is -2.12. The van der Waals surface area contributed by atoms with Crippen LogP contribution in [0.3, 0.4) is 0 Å². The molecule has 0 aliphatic carbocycles. The van der Waals surface area contributed by atoms with Crippen LogP contribution in [0.15, 0.2) is 30.3 Å². The molecule has 7 heteroatoms. The van der Waals surface area contributed by atoms with Crippen LogP contribution in [0.2, 0.25) is 0 Å². The quantitative estimate of drug-likeness (QED) is 0.455. The van der Waals surface area contributed by atoms with E-state index in [0.717, 1.165) is 48.8 Å². The largest absolute Gasteiger partial charge is 0.362 e. The van der Waals surface area contributed by atoms with Gasteiger partial charge in [0.25, 0.3) is 0 Å². The Morgan fingerprint density at radius 3 is 2.52 bits per heavy atom. The average Bonchev–Trinajstić information content (AvgIpc) is 3.11. The van der Waals surface area contributed by atoms with Gasteiger partial charge in [-0.2, -0.15) is 10.2 Å². The average molecular weight is 411 g/mol. The number of hydrogen-bond donors (Lipinski definition) is 2. The van der Waals surface area contributed by atoms with E-state index < -0.39 is 0 Å². The zero-order valence-electron chi connectivity index (χ0n) is 17.9. The zero-order chi connectivity index (χ0) is 21.0. The number of aryl methyl sites for hydroxylation is 5. The smallest absolute Gasteiger partial charge is 0.170 e. The molecule has 0 amide bonds. The molecule has 154 valence electrons. The highest BCUT2D eigenvalue weighted by atomic mass is 32.1. The third-order valence-electron chi connectivity index (χ3n) is 4.97. The van der Waals surface area contributed by atoms with Crippen molar-refractivity contribution in [3.05, 3.63) is 64.2 Å². The topological polar surface area (TPSA) is 59.7 Å². The fraction of sp³-hybridized carbons (Fsp3) is 0.409. The Hall–Kier alpha value is -2.67. The second kappa shape index (κ2) is 9.22. The summed E-state index contributed by atoms with van der Waals surface area (Å²) in [7, 11) is 0. The monoisotopic (exact) mass is 410 g/mol. The summed E-state index contributed by atoms with van der Waals surface area (Å²) in [5, 5.41) is 16.4. The minimum absolute atomic E-state index is 0.625. The van der Waals surface area contributed by atoms with Gasteiger partial charge in [-0.05, 0) is 64.9 Å². The SMILES string of the molecule is Cc1cccc(Cn2nc(C)c(NC(=S)NCCCn3nc(C)cc3C)c2C)c1. The first-order chi connectivity index (χ1) is 13.8. The van der Waals surface area contributed by atoms with Crippen LogP contribution in [0, 0.1) is 34.6 Å². The molecule has 0 aliphatic rings. The van der Waals surface area contributed by atoms with Gasteiger partial charge in [0.1, 0.15) is 0 Å². The summed E-state index contributed by atoms with van der Waals surface area (Å²) in [6.07, 6.45) is 0.953. The number of anilines is 1. The molecule has 0 bridgehead atoms. The molecule has 29 heavy (non-hydrogen) atoms. The molecular weight excluding hydrogens is 380 g/mol. The third kappa shape index (κ3) is 5.44. The standard InChI is InChI=1S/C22H30N6S/c1-15-8-6-9-20(12-15)14-28-19(5)21(18(4)26-28)24-22(29)23-10-7-11-27-17(3)13-16(2)25-27/h6,8-9,12-13H,7,10-11,14H2,1-5H3,(H2,23,24,29). The van der Waals surface area contributed by atoms with E-state index in [9.17, 15) is 0 Å². The van der Waals surface area contributed by atoms with Crippen molar-refractivity contribution in [2.24, 2.45) is 0 Å². The molecule has 0 atom stereocenters. The lowest BCUT2D eigenvalue weighted by Crippen LogP contribution is -2.30. The maximum Gasteiger partial charge on any atom is 0.170 e. The number of aromatic nitrogens is 4. The van der Waals surface area contributed by atoms with E-state index in [0.29, 0.717) is 5.11 Å². The van der Waals surface area contributed by atoms with Gasteiger partial charge >= 0.3 is 0 Å². The summed E-state index contributed by atoms with van der Waals surface area (Å²) >= 11 is 5.49. The van der Waals surface area contributed by atoms with Crippen LogP contribution in [-0.4, -0.2) is 31.2 Å². The molecule has 6 nitrogen and oxygen atoms in total. The molecule has 3 aromatic rings. The highest BCUT2D eigenvalue weighted by Gasteiger charge is 2.13. The van der Waals surface area contributed by atoms with E-state index in [2.05, 4.69) is 66.8 Å². The normalized spacial score (nSPS) is 10.9. The minimum Gasteiger partial charge on any atom is -0.362 e. The van der Waals surface area contributed by atoms with Gasteiger partial charge in [-0.25, -0.2) is 0 Å². The third-order valence-corrected chi connectivity index (χ3v) is 5.22. The molecule has 0 unspecified atom stereocenters. The Morgan fingerprint density at radius 1 is 1.03 bits per heavy atom. The van der Waals surface area contributed by atoms with Crippen LogP contribution in [0.25, 0.3) is 0 Å². The van der Waals surface area contributed by atoms with Crippen molar-refractivity contribution < 1.29 is 0 Å². The molecule has 3 rings (SSSR count). The lowest BCUT2D eigenvalue weighted by atomic mass is 10.1. The van der Waals surface area contributed by atoms with Gasteiger partial charge in [0.05, 0.1) is 29.3 Å². The fourth-order valence-electron chi connectivity index (χ4n) is 3.50. The van der Waals surface area contributed by atoms with Crippen molar-refractivity contribution >= 4 is 23.0 Å². The van der Waals surface area contributed by atoms with Crippen LogP contribution < -0.4 is 10.6 Å². The second-order valence-electron chi connectivity index (χ2n) is 7.58. The Kier molecular flexibility index (Phi) is 6.69. The van der Waals surface area contributed by atoms with Crippen LogP contribution >= 0.6 is 12.2 Å². The summed E-state index contributed by atoms with van der Waals surface area (Å²) in [5.74, 6) is 0. The van der Waals surface area contributed by atoms with Crippen molar-refractivity contribution in [1.82, 2.24) is 24.9 Å². The van der Waals surface area contributed by atoms with Crippen LogP contribution in [-0.2, 0) is 13.1 Å². The van der Waals surface area contributed by atoms with Gasteiger partial charge in [-0.3, -0.25) is 9.36 Å². The number of nitrogens with one attached hydrogen (secondary N) is 2.